The second-order valence-corrected chi connectivity index (χ2v) is 6.29. The number of hydrogen-bond acceptors (Lipinski definition) is 1. The van der Waals surface area contributed by atoms with Gasteiger partial charge in [-0.2, -0.15) is 0 Å². The van der Waals surface area contributed by atoms with E-state index in [4.69, 9.17) is 4.42 Å². The molecule has 0 bridgehead atoms. The third-order valence-electron chi connectivity index (χ3n) is 4.44. The Morgan fingerprint density at radius 3 is 2.32 bits per heavy atom. The summed E-state index contributed by atoms with van der Waals surface area (Å²) in [6.07, 6.45) is 5.24. The largest absolute Gasteiger partial charge is 0.456 e. The van der Waals surface area contributed by atoms with Crippen molar-refractivity contribution in [3.8, 4) is 11.3 Å². The fourth-order valence-electron chi connectivity index (χ4n) is 3.11. The standard InChI is InChI=1S/C24H20O/c1-18-14-16-19(17-15-18)8-7-12-22-21-11-5-6-13-23(21)25-24(22)20-9-3-2-4-10-20/h2-11,13-17H,12H2,1H3/b8-7+. The number of fused-ring (bicyclic) bond motifs is 1. The summed E-state index contributed by atoms with van der Waals surface area (Å²) >= 11 is 0. The zero-order chi connectivity index (χ0) is 17.1. The molecule has 122 valence electrons. The van der Waals surface area contributed by atoms with E-state index in [1.165, 1.54) is 22.1 Å². The maximum Gasteiger partial charge on any atom is 0.138 e. The molecule has 25 heavy (non-hydrogen) atoms. The van der Waals surface area contributed by atoms with Crippen LogP contribution in [0, 0.1) is 6.92 Å². The summed E-state index contributed by atoms with van der Waals surface area (Å²) in [6.45, 7) is 2.11. The Hall–Kier alpha value is -3.06. The number of rotatable bonds is 4. The van der Waals surface area contributed by atoms with Gasteiger partial charge < -0.3 is 4.42 Å². The molecular weight excluding hydrogens is 304 g/mol. The average molecular weight is 324 g/mol. The van der Waals surface area contributed by atoms with E-state index in [0.717, 1.165) is 23.3 Å². The van der Waals surface area contributed by atoms with Crippen LogP contribution >= 0.6 is 0 Å². The fourth-order valence-corrected chi connectivity index (χ4v) is 3.11. The van der Waals surface area contributed by atoms with Crippen LogP contribution in [0.25, 0.3) is 28.4 Å². The van der Waals surface area contributed by atoms with Gasteiger partial charge in [-0.05, 0) is 25.0 Å². The van der Waals surface area contributed by atoms with E-state index in [0.29, 0.717) is 0 Å². The Bertz CT molecular complexity index is 1010. The van der Waals surface area contributed by atoms with Crippen molar-refractivity contribution in [1.82, 2.24) is 0 Å². The second-order valence-electron chi connectivity index (χ2n) is 6.29. The molecule has 0 saturated carbocycles. The number of benzene rings is 3. The fraction of sp³-hybridized carbons (Fsp3) is 0.0833. The summed E-state index contributed by atoms with van der Waals surface area (Å²) in [5.74, 6) is 0.968. The molecule has 0 atom stereocenters. The predicted octanol–water partition coefficient (Wildman–Crippen LogP) is 6.66. The van der Waals surface area contributed by atoms with Crippen molar-refractivity contribution >= 4 is 17.0 Å². The van der Waals surface area contributed by atoms with Crippen molar-refractivity contribution in [2.45, 2.75) is 13.3 Å². The summed E-state index contributed by atoms with van der Waals surface area (Å²) in [4.78, 5) is 0. The number of furan rings is 1. The summed E-state index contributed by atoms with van der Waals surface area (Å²) in [5.41, 5.74) is 5.81. The molecule has 0 aliphatic carbocycles. The first-order chi connectivity index (χ1) is 12.3. The molecule has 0 aliphatic heterocycles. The Labute approximate surface area is 148 Å². The van der Waals surface area contributed by atoms with Crippen molar-refractivity contribution in [3.63, 3.8) is 0 Å². The lowest BCUT2D eigenvalue weighted by Crippen LogP contribution is -1.84. The Kier molecular flexibility index (Phi) is 4.22. The molecule has 0 N–H and O–H groups in total. The minimum atomic E-state index is 0.842. The molecule has 4 aromatic rings. The van der Waals surface area contributed by atoms with Crippen LogP contribution in [-0.4, -0.2) is 0 Å². The van der Waals surface area contributed by atoms with Gasteiger partial charge in [0.1, 0.15) is 11.3 Å². The molecular formula is C24H20O. The number of aryl methyl sites for hydroxylation is 1. The summed E-state index contributed by atoms with van der Waals surface area (Å²) in [6, 6.07) is 27.2. The van der Waals surface area contributed by atoms with E-state index in [-0.39, 0.29) is 0 Å². The highest BCUT2D eigenvalue weighted by molar-refractivity contribution is 5.88. The van der Waals surface area contributed by atoms with Crippen LogP contribution in [0.2, 0.25) is 0 Å². The molecule has 1 aromatic heterocycles. The van der Waals surface area contributed by atoms with Gasteiger partial charge in [-0.3, -0.25) is 0 Å². The van der Waals surface area contributed by atoms with Crippen molar-refractivity contribution in [2.24, 2.45) is 0 Å². The van der Waals surface area contributed by atoms with Gasteiger partial charge in [0.25, 0.3) is 0 Å². The normalized spacial score (nSPS) is 11.4. The van der Waals surface area contributed by atoms with Gasteiger partial charge in [0.2, 0.25) is 0 Å². The van der Waals surface area contributed by atoms with Gasteiger partial charge in [0.15, 0.2) is 0 Å². The van der Waals surface area contributed by atoms with Gasteiger partial charge in [-0.25, -0.2) is 0 Å². The molecule has 0 saturated heterocycles. The lowest BCUT2D eigenvalue weighted by atomic mass is 10.0. The molecule has 4 rings (SSSR count). The predicted molar refractivity (Wildman–Crippen MR) is 106 cm³/mol. The molecule has 0 amide bonds. The van der Waals surface area contributed by atoms with E-state index < -0.39 is 0 Å². The van der Waals surface area contributed by atoms with Crippen molar-refractivity contribution in [1.29, 1.82) is 0 Å². The highest BCUT2D eigenvalue weighted by atomic mass is 16.3. The number of hydrogen-bond donors (Lipinski definition) is 0. The maximum absolute atomic E-state index is 6.17. The van der Waals surface area contributed by atoms with Crippen LogP contribution in [0.5, 0.6) is 0 Å². The molecule has 0 unspecified atom stereocenters. The highest BCUT2D eigenvalue weighted by Crippen LogP contribution is 2.34. The van der Waals surface area contributed by atoms with Crippen molar-refractivity contribution < 1.29 is 4.42 Å². The smallest absolute Gasteiger partial charge is 0.138 e. The van der Waals surface area contributed by atoms with E-state index in [2.05, 4.69) is 79.7 Å². The Balaban J connectivity index is 1.71. The minimum Gasteiger partial charge on any atom is -0.456 e. The molecule has 1 heterocycles. The highest BCUT2D eigenvalue weighted by Gasteiger charge is 2.14. The SMILES string of the molecule is Cc1ccc(/C=C/Cc2c(-c3ccccc3)oc3ccccc23)cc1. The summed E-state index contributed by atoms with van der Waals surface area (Å²) in [5, 5.41) is 1.19. The quantitative estimate of drug-likeness (QED) is 0.409. The van der Waals surface area contributed by atoms with E-state index >= 15 is 0 Å². The van der Waals surface area contributed by atoms with Gasteiger partial charge in [0, 0.05) is 16.5 Å². The van der Waals surface area contributed by atoms with Crippen molar-refractivity contribution in [3.05, 3.63) is 102 Å². The van der Waals surface area contributed by atoms with Crippen LogP contribution < -0.4 is 0 Å². The summed E-state index contributed by atoms with van der Waals surface area (Å²) in [7, 11) is 0. The first-order valence-electron chi connectivity index (χ1n) is 8.60. The molecule has 3 aromatic carbocycles. The molecule has 1 nitrogen and oxygen atoms in total. The topological polar surface area (TPSA) is 13.1 Å². The lowest BCUT2D eigenvalue weighted by Gasteiger charge is -2.01. The third kappa shape index (κ3) is 3.27. The van der Waals surface area contributed by atoms with Gasteiger partial charge in [-0.15, -0.1) is 0 Å². The molecule has 0 aliphatic rings. The third-order valence-corrected chi connectivity index (χ3v) is 4.44. The zero-order valence-electron chi connectivity index (χ0n) is 14.3. The van der Waals surface area contributed by atoms with Crippen molar-refractivity contribution in [2.75, 3.05) is 0 Å². The van der Waals surface area contributed by atoms with Gasteiger partial charge in [-0.1, -0.05) is 90.5 Å². The molecule has 0 fully saturated rings. The van der Waals surface area contributed by atoms with Gasteiger partial charge in [0.05, 0.1) is 0 Å². The van der Waals surface area contributed by atoms with Crippen LogP contribution in [0.4, 0.5) is 0 Å². The maximum atomic E-state index is 6.17. The minimum absolute atomic E-state index is 0.842. The van der Waals surface area contributed by atoms with E-state index in [9.17, 15) is 0 Å². The lowest BCUT2D eigenvalue weighted by molar-refractivity contribution is 0.628. The molecule has 0 radical (unpaired) electrons. The van der Waals surface area contributed by atoms with Crippen LogP contribution in [0.1, 0.15) is 16.7 Å². The Morgan fingerprint density at radius 2 is 1.52 bits per heavy atom. The van der Waals surface area contributed by atoms with E-state index in [1.54, 1.807) is 0 Å². The zero-order valence-corrected chi connectivity index (χ0v) is 14.3. The number of allylic oxidation sites excluding steroid dienone is 1. The average Bonchev–Trinajstić information content (AvgIpc) is 3.03. The van der Waals surface area contributed by atoms with Crippen LogP contribution in [0.3, 0.4) is 0 Å². The van der Waals surface area contributed by atoms with Crippen LogP contribution in [0.15, 0.2) is 89.4 Å². The molecule has 1 heteroatoms. The Morgan fingerprint density at radius 1 is 0.800 bits per heavy atom. The van der Waals surface area contributed by atoms with Crippen LogP contribution in [-0.2, 0) is 6.42 Å². The first-order valence-corrected chi connectivity index (χ1v) is 8.60. The monoisotopic (exact) mass is 324 g/mol. The van der Waals surface area contributed by atoms with Gasteiger partial charge >= 0.3 is 0 Å². The summed E-state index contributed by atoms with van der Waals surface area (Å²) < 4.78 is 6.17. The van der Waals surface area contributed by atoms with E-state index in [1.807, 2.05) is 18.2 Å². The first kappa shape index (κ1) is 15.5. The molecule has 0 spiro atoms. The number of para-hydroxylation sites is 1. The second kappa shape index (κ2) is 6.82.